The van der Waals surface area contributed by atoms with Crippen LogP contribution in [0, 0.1) is 0 Å². The van der Waals surface area contributed by atoms with E-state index in [1.165, 1.54) is 5.56 Å². The van der Waals surface area contributed by atoms with Gasteiger partial charge in [0.15, 0.2) is 0 Å². The van der Waals surface area contributed by atoms with Gasteiger partial charge < -0.3 is 14.6 Å². The van der Waals surface area contributed by atoms with Crippen LogP contribution in [0.1, 0.15) is 11.3 Å². The topological polar surface area (TPSA) is 54.8 Å². The average Bonchev–Trinajstić information content (AvgIpc) is 3.01. The Labute approximate surface area is 136 Å². The molecule has 0 unspecified atom stereocenters. The van der Waals surface area contributed by atoms with Gasteiger partial charge in [0.1, 0.15) is 12.4 Å². The highest BCUT2D eigenvalue weighted by molar-refractivity contribution is 5.27. The fraction of sp³-hybridized carbons (Fsp3) is 0.389. The second-order valence-corrected chi connectivity index (χ2v) is 5.84. The lowest BCUT2D eigenvalue weighted by molar-refractivity contribution is 0.0925. The summed E-state index contributed by atoms with van der Waals surface area (Å²) in [5.41, 5.74) is 2.09. The Morgan fingerprint density at radius 1 is 1.22 bits per heavy atom. The molecule has 0 amide bonds. The predicted octanol–water partition coefficient (Wildman–Crippen LogP) is 1.85. The Balaban J connectivity index is 1.52. The molecule has 2 atom stereocenters. The molecular formula is C18H22N2O3. The molecule has 2 heterocycles. The molecule has 1 fully saturated rings. The Kier molecular flexibility index (Phi) is 5.23. The van der Waals surface area contributed by atoms with Crippen molar-refractivity contribution in [1.29, 1.82) is 0 Å². The van der Waals surface area contributed by atoms with Gasteiger partial charge in [0.25, 0.3) is 0 Å². The number of likely N-dealkylation sites (N-methyl/N-ethyl adjacent to an activating group) is 1. The third-order valence-corrected chi connectivity index (χ3v) is 4.06. The van der Waals surface area contributed by atoms with E-state index in [-0.39, 0.29) is 6.04 Å². The van der Waals surface area contributed by atoms with E-state index in [1.807, 2.05) is 49.5 Å². The van der Waals surface area contributed by atoms with Gasteiger partial charge in [-0.05, 0) is 36.9 Å². The third kappa shape index (κ3) is 4.28. The summed E-state index contributed by atoms with van der Waals surface area (Å²) in [5, 5.41) is 9.87. The minimum absolute atomic E-state index is 0.0649. The number of hydrogen-bond acceptors (Lipinski definition) is 5. The second kappa shape index (κ2) is 7.55. The summed E-state index contributed by atoms with van der Waals surface area (Å²) in [6.45, 7) is 2.25. The summed E-state index contributed by atoms with van der Waals surface area (Å²) >= 11 is 0. The van der Waals surface area contributed by atoms with Crippen molar-refractivity contribution in [3.63, 3.8) is 0 Å². The molecule has 0 bridgehead atoms. The van der Waals surface area contributed by atoms with Crippen molar-refractivity contribution >= 4 is 0 Å². The number of hydrogen-bond donors (Lipinski definition) is 1. The van der Waals surface area contributed by atoms with Crippen LogP contribution in [0.15, 0.2) is 48.7 Å². The largest absolute Gasteiger partial charge is 0.487 e. The number of aliphatic hydroxyl groups excluding tert-OH is 1. The first kappa shape index (κ1) is 15.9. The van der Waals surface area contributed by atoms with Crippen LogP contribution in [0.2, 0.25) is 0 Å². The van der Waals surface area contributed by atoms with Crippen molar-refractivity contribution in [2.24, 2.45) is 0 Å². The zero-order chi connectivity index (χ0) is 16.1. The van der Waals surface area contributed by atoms with Crippen molar-refractivity contribution in [2.75, 3.05) is 20.3 Å². The molecule has 0 spiro atoms. The molecule has 0 aliphatic carbocycles. The summed E-state index contributed by atoms with van der Waals surface area (Å²) in [7, 11) is 2.01. The normalized spacial score (nSPS) is 20.8. The molecule has 23 heavy (non-hydrogen) atoms. The maximum atomic E-state index is 9.87. The first-order valence-corrected chi connectivity index (χ1v) is 7.80. The number of ether oxygens (including phenoxy) is 2. The molecule has 1 aliphatic rings. The molecule has 1 aromatic heterocycles. The fourth-order valence-electron chi connectivity index (χ4n) is 2.69. The van der Waals surface area contributed by atoms with E-state index in [9.17, 15) is 5.11 Å². The minimum atomic E-state index is -0.402. The van der Waals surface area contributed by atoms with Gasteiger partial charge in [-0.3, -0.25) is 9.88 Å². The fourth-order valence-corrected chi connectivity index (χ4v) is 2.69. The molecule has 0 saturated carbocycles. The van der Waals surface area contributed by atoms with Crippen LogP contribution in [0.5, 0.6) is 5.75 Å². The van der Waals surface area contributed by atoms with Crippen LogP contribution in [0.25, 0.3) is 0 Å². The van der Waals surface area contributed by atoms with E-state index in [0.717, 1.165) is 18.0 Å². The summed E-state index contributed by atoms with van der Waals surface area (Å²) in [4.78, 5) is 6.36. The molecule has 3 rings (SSSR count). The quantitative estimate of drug-likeness (QED) is 0.882. The van der Waals surface area contributed by atoms with Gasteiger partial charge in [0, 0.05) is 12.7 Å². The van der Waals surface area contributed by atoms with Crippen LogP contribution in [0.3, 0.4) is 0 Å². The SMILES string of the molecule is CN(Cc1ccc(OCc2ccccn2)cc1)[C@@H]1COC[C@H]1O. The summed E-state index contributed by atoms with van der Waals surface area (Å²) in [6, 6.07) is 13.9. The van der Waals surface area contributed by atoms with E-state index in [2.05, 4.69) is 9.88 Å². The molecule has 5 heteroatoms. The second-order valence-electron chi connectivity index (χ2n) is 5.84. The highest BCUT2D eigenvalue weighted by Crippen LogP contribution is 2.18. The van der Waals surface area contributed by atoms with E-state index in [0.29, 0.717) is 19.8 Å². The number of aliphatic hydroxyl groups is 1. The van der Waals surface area contributed by atoms with Gasteiger partial charge in [0.2, 0.25) is 0 Å². The van der Waals surface area contributed by atoms with E-state index < -0.39 is 6.10 Å². The smallest absolute Gasteiger partial charge is 0.130 e. The number of benzene rings is 1. The predicted molar refractivity (Wildman–Crippen MR) is 87.1 cm³/mol. The lowest BCUT2D eigenvalue weighted by Crippen LogP contribution is -2.39. The summed E-state index contributed by atoms with van der Waals surface area (Å²) in [6.07, 6.45) is 1.36. The summed E-state index contributed by atoms with van der Waals surface area (Å²) < 4.78 is 11.0. The molecule has 1 saturated heterocycles. The van der Waals surface area contributed by atoms with Crippen LogP contribution >= 0.6 is 0 Å². The van der Waals surface area contributed by atoms with Gasteiger partial charge >= 0.3 is 0 Å². The first-order valence-electron chi connectivity index (χ1n) is 7.80. The zero-order valence-corrected chi connectivity index (χ0v) is 13.3. The Bertz CT molecular complexity index is 603. The highest BCUT2D eigenvalue weighted by Gasteiger charge is 2.29. The zero-order valence-electron chi connectivity index (χ0n) is 13.3. The Morgan fingerprint density at radius 2 is 2.04 bits per heavy atom. The highest BCUT2D eigenvalue weighted by atomic mass is 16.5. The van der Waals surface area contributed by atoms with Crippen LogP contribution in [0.4, 0.5) is 0 Å². The van der Waals surface area contributed by atoms with E-state index >= 15 is 0 Å². The molecule has 0 radical (unpaired) electrons. The van der Waals surface area contributed by atoms with Crippen molar-refractivity contribution < 1.29 is 14.6 Å². The average molecular weight is 314 g/mol. The minimum Gasteiger partial charge on any atom is -0.487 e. The van der Waals surface area contributed by atoms with Gasteiger partial charge in [-0.2, -0.15) is 0 Å². The van der Waals surface area contributed by atoms with Gasteiger partial charge in [-0.15, -0.1) is 0 Å². The molecule has 122 valence electrons. The van der Waals surface area contributed by atoms with Crippen molar-refractivity contribution in [1.82, 2.24) is 9.88 Å². The van der Waals surface area contributed by atoms with Gasteiger partial charge in [-0.25, -0.2) is 0 Å². The van der Waals surface area contributed by atoms with Crippen LogP contribution in [-0.4, -0.2) is 47.4 Å². The number of pyridine rings is 1. The maximum Gasteiger partial charge on any atom is 0.130 e. The molecule has 5 nitrogen and oxygen atoms in total. The van der Waals surface area contributed by atoms with Crippen molar-refractivity contribution in [2.45, 2.75) is 25.3 Å². The Hall–Kier alpha value is -1.95. The van der Waals surface area contributed by atoms with Crippen molar-refractivity contribution in [3.8, 4) is 5.75 Å². The van der Waals surface area contributed by atoms with E-state index in [4.69, 9.17) is 9.47 Å². The maximum absolute atomic E-state index is 9.87. The molecule has 1 N–H and O–H groups in total. The van der Waals surface area contributed by atoms with Crippen molar-refractivity contribution in [3.05, 3.63) is 59.9 Å². The molecule has 1 aromatic carbocycles. The monoisotopic (exact) mass is 314 g/mol. The number of nitrogens with zero attached hydrogens (tertiary/aromatic N) is 2. The third-order valence-electron chi connectivity index (χ3n) is 4.06. The lowest BCUT2D eigenvalue weighted by atomic mass is 10.1. The summed E-state index contributed by atoms with van der Waals surface area (Å²) in [5.74, 6) is 0.825. The Morgan fingerprint density at radius 3 is 2.70 bits per heavy atom. The molecule has 1 aliphatic heterocycles. The van der Waals surface area contributed by atoms with Gasteiger partial charge in [0.05, 0.1) is 31.1 Å². The molecule has 2 aromatic rings. The van der Waals surface area contributed by atoms with Gasteiger partial charge in [-0.1, -0.05) is 18.2 Å². The first-order chi connectivity index (χ1) is 11.2. The molecular weight excluding hydrogens is 292 g/mol. The number of rotatable bonds is 6. The lowest BCUT2D eigenvalue weighted by Gasteiger charge is -2.25. The van der Waals surface area contributed by atoms with Crippen LogP contribution in [-0.2, 0) is 17.9 Å². The standard InChI is InChI=1S/C18H22N2O3/c1-20(17-12-22-13-18(17)21)10-14-5-7-16(8-6-14)23-11-15-4-2-3-9-19-15/h2-9,17-18,21H,10-13H2,1H3/t17-,18-/m1/s1. The van der Waals surface area contributed by atoms with E-state index in [1.54, 1.807) is 6.20 Å². The van der Waals surface area contributed by atoms with Crippen LogP contribution < -0.4 is 4.74 Å². The number of aromatic nitrogens is 1.